The van der Waals surface area contributed by atoms with E-state index < -0.39 is 16.8 Å². The van der Waals surface area contributed by atoms with Crippen molar-refractivity contribution >= 4 is 11.9 Å². The lowest BCUT2D eigenvalue weighted by Crippen LogP contribution is -2.01. The Hall–Kier alpha value is -2.05. The quantitative estimate of drug-likeness (QED) is 0.496. The average Bonchev–Trinajstić information content (AvgIpc) is 2.04. The third-order valence-electron chi connectivity index (χ3n) is 1.05. The number of nitrogens with zero attached hydrogens (tertiary/aromatic N) is 3. The Bertz CT molecular complexity index is 287. The highest BCUT2D eigenvalue weighted by Gasteiger charge is 2.11. The summed E-state index contributed by atoms with van der Waals surface area (Å²) in [7, 11) is 0. The maximum atomic E-state index is 10.2. The van der Waals surface area contributed by atoms with E-state index in [0.29, 0.717) is 0 Å². The van der Waals surface area contributed by atoms with Crippen molar-refractivity contribution in [2.24, 2.45) is 0 Å². The molecule has 0 radical (unpaired) electrons. The normalized spacial score (nSPS) is 9.33. The van der Waals surface area contributed by atoms with E-state index in [4.69, 9.17) is 5.11 Å². The summed E-state index contributed by atoms with van der Waals surface area (Å²) in [6, 6.07) is 0. The molecule has 62 valence electrons. The van der Waals surface area contributed by atoms with E-state index in [-0.39, 0.29) is 5.56 Å². The fourth-order valence-corrected chi connectivity index (χ4v) is 0.526. The molecule has 0 saturated carbocycles. The summed E-state index contributed by atoms with van der Waals surface area (Å²) in [5.74, 6) is -1.83. The standard InChI is InChI=1S/C5H3N3O4/c9-4(10)3-1-6-5(7-2-3)8(11)12/h1-2H,(H,9,10). The van der Waals surface area contributed by atoms with Crippen LogP contribution in [0.4, 0.5) is 5.95 Å². The van der Waals surface area contributed by atoms with Gasteiger partial charge in [-0.15, -0.1) is 0 Å². The topological polar surface area (TPSA) is 106 Å². The van der Waals surface area contributed by atoms with E-state index in [2.05, 4.69) is 9.97 Å². The lowest BCUT2D eigenvalue weighted by Gasteiger charge is -1.90. The largest absolute Gasteiger partial charge is 0.477 e. The van der Waals surface area contributed by atoms with E-state index in [1.54, 1.807) is 0 Å². The number of carboxylic acids is 1. The van der Waals surface area contributed by atoms with Gasteiger partial charge < -0.3 is 15.2 Å². The Morgan fingerprint density at radius 2 is 2.00 bits per heavy atom. The van der Waals surface area contributed by atoms with Crippen LogP contribution in [-0.4, -0.2) is 26.0 Å². The third kappa shape index (κ3) is 1.51. The summed E-state index contributed by atoms with van der Waals surface area (Å²) >= 11 is 0. The molecule has 0 aliphatic carbocycles. The summed E-state index contributed by atoms with van der Waals surface area (Å²) in [4.78, 5) is 25.9. The number of hydrogen-bond donors (Lipinski definition) is 1. The number of carboxylic acid groups (broad SMARTS) is 1. The fraction of sp³-hybridized carbons (Fsp3) is 0. The van der Waals surface area contributed by atoms with E-state index in [1.165, 1.54) is 0 Å². The van der Waals surface area contributed by atoms with Gasteiger partial charge in [-0.3, -0.25) is 0 Å². The molecule has 0 saturated heterocycles. The van der Waals surface area contributed by atoms with Gasteiger partial charge in [0.2, 0.25) is 0 Å². The number of aromatic carboxylic acids is 1. The lowest BCUT2D eigenvalue weighted by atomic mass is 10.4. The van der Waals surface area contributed by atoms with Crippen LogP contribution in [0.15, 0.2) is 12.4 Å². The van der Waals surface area contributed by atoms with Crippen molar-refractivity contribution in [1.82, 2.24) is 9.97 Å². The molecule has 7 nitrogen and oxygen atoms in total. The van der Waals surface area contributed by atoms with Crippen LogP contribution in [0, 0.1) is 10.1 Å². The zero-order valence-electron chi connectivity index (χ0n) is 5.67. The zero-order valence-corrected chi connectivity index (χ0v) is 5.67. The summed E-state index contributed by atoms with van der Waals surface area (Å²) in [6.45, 7) is 0. The van der Waals surface area contributed by atoms with Crippen molar-refractivity contribution in [3.05, 3.63) is 28.1 Å². The zero-order chi connectivity index (χ0) is 9.14. The molecule has 1 N–H and O–H groups in total. The van der Waals surface area contributed by atoms with Crippen LogP contribution in [0.25, 0.3) is 0 Å². The van der Waals surface area contributed by atoms with Crippen molar-refractivity contribution < 1.29 is 14.8 Å². The molecule has 1 rings (SSSR count). The van der Waals surface area contributed by atoms with Gasteiger partial charge >= 0.3 is 11.9 Å². The first-order valence-electron chi connectivity index (χ1n) is 2.81. The highest BCUT2D eigenvalue weighted by Crippen LogP contribution is 2.01. The number of rotatable bonds is 2. The monoisotopic (exact) mass is 169 g/mol. The van der Waals surface area contributed by atoms with Crippen molar-refractivity contribution in [2.75, 3.05) is 0 Å². The van der Waals surface area contributed by atoms with Gasteiger partial charge in [0.1, 0.15) is 18.0 Å². The van der Waals surface area contributed by atoms with Gasteiger partial charge in [-0.2, -0.15) is 0 Å². The maximum Gasteiger partial charge on any atom is 0.468 e. The molecule has 1 aromatic heterocycles. The first kappa shape index (κ1) is 8.05. The summed E-state index contributed by atoms with van der Waals surface area (Å²) in [6.07, 6.45) is 1.76. The van der Waals surface area contributed by atoms with Gasteiger partial charge in [-0.25, -0.2) is 4.79 Å². The minimum absolute atomic E-state index is 0.180. The molecule has 0 atom stereocenters. The second-order valence-corrected chi connectivity index (χ2v) is 1.83. The molecule has 0 amide bonds. The SMILES string of the molecule is O=C(O)c1cnc([N+](=O)[O-])nc1. The molecule has 0 fully saturated rings. The predicted molar refractivity (Wildman–Crippen MR) is 35.6 cm³/mol. The van der Waals surface area contributed by atoms with Gasteiger partial charge in [0.15, 0.2) is 0 Å². The van der Waals surface area contributed by atoms with Gasteiger partial charge in [0.05, 0.1) is 0 Å². The molecule has 0 aliphatic heterocycles. The molecule has 7 heteroatoms. The van der Waals surface area contributed by atoms with Crippen molar-refractivity contribution in [1.29, 1.82) is 0 Å². The number of nitro groups is 1. The van der Waals surface area contributed by atoms with Crippen LogP contribution in [0.5, 0.6) is 0 Å². The second kappa shape index (κ2) is 2.91. The van der Waals surface area contributed by atoms with Crippen molar-refractivity contribution in [2.45, 2.75) is 0 Å². The van der Waals surface area contributed by atoms with Crippen molar-refractivity contribution in [3.63, 3.8) is 0 Å². The molecule has 12 heavy (non-hydrogen) atoms. The summed E-state index contributed by atoms with van der Waals surface area (Å²) in [5.41, 5.74) is -0.180. The average molecular weight is 169 g/mol. The van der Waals surface area contributed by atoms with Gasteiger partial charge in [0.25, 0.3) is 0 Å². The fourth-order valence-electron chi connectivity index (χ4n) is 0.526. The Kier molecular flexibility index (Phi) is 1.95. The second-order valence-electron chi connectivity index (χ2n) is 1.83. The van der Waals surface area contributed by atoms with E-state index in [9.17, 15) is 14.9 Å². The van der Waals surface area contributed by atoms with Gasteiger partial charge in [-0.05, 0) is 4.92 Å². The van der Waals surface area contributed by atoms with Gasteiger partial charge in [-0.1, -0.05) is 9.97 Å². The Balaban J connectivity index is 3.01. The Morgan fingerprint density at radius 3 is 2.33 bits per heavy atom. The number of aromatic nitrogens is 2. The molecule has 0 unspecified atom stereocenters. The summed E-state index contributed by atoms with van der Waals surface area (Å²) < 4.78 is 0. The Morgan fingerprint density at radius 1 is 1.50 bits per heavy atom. The lowest BCUT2D eigenvalue weighted by molar-refractivity contribution is -0.394. The van der Waals surface area contributed by atoms with E-state index in [0.717, 1.165) is 12.4 Å². The van der Waals surface area contributed by atoms with Crippen molar-refractivity contribution in [3.8, 4) is 0 Å². The molecule has 0 spiro atoms. The minimum Gasteiger partial charge on any atom is -0.477 e. The van der Waals surface area contributed by atoms with Gasteiger partial charge in [0, 0.05) is 0 Å². The smallest absolute Gasteiger partial charge is 0.468 e. The first-order valence-corrected chi connectivity index (χ1v) is 2.81. The van der Waals surface area contributed by atoms with Crippen LogP contribution >= 0.6 is 0 Å². The molecule has 1 aromatic rings. The molecule has 0 aliphatic rings. The van der Waals surface area contributed by atoms with Crippen LogP contribution in [-0.2, 0) is 0 Å². The molecule has 1 heterocycles. The molecule has 0 bridgehead atoms. The van der Waals surface area contributed by atoms with Crippen LogP contribution in [0.1, 0.15) is 10.4 Å². The van der Waals surface area contributed by atoms with E-state index in [1.807, 2.05) is 0 Å². The molecular weight excluding hydrogens is 166 g/mol. The summed E-state index contributed by atoms with van der Waals surface area (Å²) in [5, 5.41) is 18.4. The van der Waals surface area contributed by atoms with Crippen LogP contribution in [0.2, 0.25) is 0 Å². The highest BCUT2D eigenvalue weighted by atomic mass is 16.6. The van der Waals surface area contributed by atoms with E-state index >= 15 is 0 Å². The maximum absolute atomic E-state index is 10.2. The third-order valence-corrected chi connectivity index (χ3v) is 1.05. The number of hydrogen-bond acceptors (Lipinski definition) is 5. The van der Waals surface area contributed by atoms with Crippen LogP contribution in [0.3, 0.4) is 0 Å². The highest BCUT2D eigenvalue weighted by molar-refractivity contribution is 5.86. The predicted octanol–water partition coefficient (Wildman–Crippen LogP) is 0.0830. The molecular formula is C5H3N3O4. The first-order chi connectivity index (χ1) is 5.61. The molecule has 0 aromatic carbocycles. The number of carbonyl (C=O) groups is 1. The van der Waals surface area contributed by atoms with Crippen LogP contribution < -0.4 is 0 Å². The Labute approximate surface area is 65.8 Å². The minimum atomic E-state index is -1.22.